The van der Waals surface area contributed by atoms with Crippen molar-refractivity contribution in [3.8, 4) is 5.75 Å². The third kappa shape index (κ3) is 6.25. The van der Waals surface area contributed by atoms with Crippen molar-refractivity contribution in [2.24, 2.45) is 0 Å². The molecule has 0 atom stereocenters. The molecule has 2 N–H and O–H groups in total. The van der Waals surface area contributed by atoms with Crippen LogP contribution in [0.15, 0.2) is 65.6 Å². The lowest BCUT2D eigenvalue weighted by Crippen LogP contribution is -2.20. The van der Waals surface area contributed by atoms with Gasteiger partial charge in [0.1, 0.15) is 11.5 Å². The van der Waals surface area contributed by atoms with Gasteiger partial charge in [-0.3, -0.25) is 4.79 Å². The summed E-state index contributed by atoms with van der Waals surface area (Å²) in [4.78, 5) is 21.6. The fraction of sp³-hybridized carbons (Fsp3) is 0.222. The number of Topliss-reactive ketones (excluding diaryl/α,β-unsaturated/α-hetero) is 1. The highest BCUT2D eigenvalue weighted by atomic mass is 35.5. The number of ketones is 1. The van der Waals surface area contributed by atoms with Gasteiger partial charge in [0.2, 0.25) is 0 Å². The van der Waals surface area contributed by atoms with Crippen LogP contribution in [0.3, 0.4) is 0 Å². The molecule has 4 aromatic rings. The molecule has 0 amide bonds. The number of carbonyl (C=O) groups is 1. The summed E-state index contributed by atoms with van der Waals surface area (Å²) in [6.45, 7) is 1.94. The Hall–Kier alpha value is -3.53. The van der Waals surface area contributed by atoms with Crippen LogP contribution in [0.2, 0.25) is 5.02 Å². The molecular weight excluding hydrogens is 512 g/mol. The van der Waals surface area contributed by atoms with Crippen molar-refractivity contribution in [3.63, 3.8) is 0 Å². The van der Waals surface area contributed by atoms with E-state index < -0.39 is 15.6 Å². The molecule has 0 spiro atoms. The molecular formula is C27H27ClN4O4S. The monoisotopic (exact) mass is 538 g/mol. The van der Waals surface area contributed by atoms with E-state index in [0.717, 1.165) is 0 Å². The Morgan fingerprint density at radius 3 is 2.46 bits per heavy atom. The first-order valence-corrected chi connectivity index (χ1v) is 13.6. The molecule has 0 aliphatic carbocycles. The molecule has 1 aromatic heterocycles. The second-order valence-electron chi connectivity index (χ2n) is 8.58. The average Bonchev–Trinajstić information content (AvgIpc) is 2.86. The highest BCUT2D eigenvalue weighted by Gasteiger charge is 2.23. The van der Waals surface area contributed by atoms with Crippen molar-refractivity contribution in [3.05, 3.63) is 82.5 Å². The fourth-order valence-corrected chi connectivity index (χ4v) is 5.70. The summed E-state index contributed by atoms with van der Waals surface area (Å²) in [6.07, 6.45) is 0.139. The van der Waals surface area contributed by atoms with Crippen LogP contribution < -0.4 is 15.4 Å². The first-order valence-electron chi connectivity index (χ1n) is 11.5. The number of anilines is 2. The molecule has 0 unspecified atom stereocenters. The molecule has 0 saturated carbocycles. The van der Waals surface area contributed by atoms with E-state index in [4.69, 9.17) is 16.3 Å². The third-order valence-electron chi connectivity index (χ3n) is 5.76. The lowest BCUT2D eigenvalue weighted by molar-refractivity contribution is -0.117. The normalized spacial score (nSPS) is 11.5. The van der Waals surface area contributed by atoms with E-state index in [0.29, 0.717) is 38.6 Å². The second kappa shape index (κ2) is 11.2. The topological polar surface area (TPSA) is 110 Å². The molecule has 0 bridgehead atoms. The first-order chi connectivity index (χ1) is 17.7. The number of methoxy groups -OCH3 is 1. The van der Waals surface area contributed by atoms with Gasteiger partial charge in [0.15, 0.2) is 21.4 Å². The number of rotatable bonds is 10. The van der Waals surface area contributed by atoms with Gasteiger partial charge in [-0.15, -0.1) is 0 Å². The van der Waals surface area contributed by atoms with E-state index in [1.807, 2.05) is 12.1 Å². The van der Waals surface area contributed by atoms with Crippen molar-refractivity contribution >= 4 is 49.8 Å². The van der Waals surface area contributed by atoms with Gasteiger partial charge in [-0.1, -0.05) is 35.9 Å². The molecule has 0 aliphatic heterocycles. The van der Waals surface area contributed by atoms with Crippen molar-refractivity contribution < 1.29 is 17.9 Å². The average molecular weight is 539 g/mol. The van der Waals surface area contributed by atoms with Crippen LogP contribution in [0.5, 0.6) is 5.75 Å². The summed E-state index contributed by atoms with van der Waals surface area (Å²) in [5.41, 5.74) is 3.14. The Bertz CT molecular complexity index is 1570. The maximum atomic E-state index is 13.7. The van der Waals surface area contributed by atoms with Gasteiger partial charge in [0.25, 0.3) is 0 Å². The highest BCUT2D eigenvalue weighted by molar-refractivity contribution is 7.90. The number of halogens is 1. The zero-order valence-electron chi connectivity index (χ0n) is 20.7. The Kier molecular flexibility index (Phi) is 8.06. The summed E-state index contributed by atoms with van der Waals surface area (Å²) in [6, 6.07) is 17.4. The van der Waals surface area contributed by atoms with Gasteiger partial charge in [-0.25, -0.2) is 18.4 Å². The van der Waals surface area contributed by atoms with E-state index in [1.165, 1.54) is 0 Å². The van der Waals surface area contributed by atoms with Gasteiger partial charge in [-0.2, -0.15) is 0 Å². The second-order valence-corrected chi connectivity index (χ2v) is 10.9. The minimum absolute atomic E-state index is 0.0308. The number of aromatic nitrogens is 2. The van der Waals surface area contributed by atoms with Crippen molar-refractivity contribution in [2.45, 2.75) is 24.0 Å². The zero-order chi connectivity index (χ0) is 26.6. The van der Waals surface area contributed by atoms with Crippen molar-refractivity contribution in [1.29, 1.82) is 0 Å². The summed E-state index contributed by atoms with van der Waals surface area (Å²) >= 11 is 6.39. The van der Waals surface area contributed by atoms with Crippen LogP contribution in [0.1, 0.15) is 16.8 Å². The van der Waals surface area contributed by atoms with Gasteiger partial charge < -0.3 is 15.4 Å². The quantitative estimate of drug-likeness (QED) is 0.300. The number of sulfone groups is 1. The summed E-state index contributed by atoms with van der Waals surface area (Å²) in [7, 11) is -0.610. The van der Waals surface area contributed by atoms with Crippen LogP contribution >= 0.6 is 11.6 Å². The number of para-hydroxylation sites is 2. The molecule has 37 heavy (non-hydrogen) atoms. The van der Waals surface area contributed by atoms with E-state index in [-0.39, 0.29) is 35.2 Å². The van der Waals surface area contributed by atoms with Crippen molar-refractivity contribution in [2.75, 3.05) is 26.0 Å². The number of fused-ring (bicyclic) bond motifs is 1. The van der Waals surface area contributed by atoms with Crippen LogP contribution in [0, 0.1) is 6.92 Å². The van der Waals surface area contributed by atoms with Crippen LogP contribution in [-0.4, -0.2) is 44.9 Å². The predicted octanol–water partition coefficient (Wildman–Crippen LogP) is 4.65. The van der Waals surface area contributed by atoms with Gasteiger partial charge >= 0.3 is 0 Å². The maximum Gasteiger partial charge on any atom is 0.184 e. The molecule has 10 heteroatoms. The Morgan fingerprint density at radius 1 is 1.03 bits per heavy atom. The Balaban J connectivity index is 1.75. The minimum Gasteiger partial charge on any atom is -0.497 e. The lowest BCUT2D eigenvalue weighted by Gasteiger charge is -2.15. The molecule has 1 heterocycles. The highest BCUT2D eigenvalue weighted by Crippen LogP contribution is 2.32. The number of hydrogen-bond donors (Lipinski definition) is 2. The van der Waals surface area contributed by atoms with Crippen LogP contribution in [0.25, 0.3) is 11.0 Å². The number of aryl methyl sites for hydroxylation is 1. The van der Waals surface area contributed by atoms with Crippen molar-refractivity contribution in [1.82, 2.24) is 15.3 Å². The number of carbonyl (C=O) groups excluding carboxylic acids is 1. The van der Waals surface area contributed by atoms with Gasteiger partial charge in [-0.05, 0) is 55.4 Å². The number of benzene rings is 3. The first kappa shape index (κ1) is 26.5. The smallest absolute Gasteiger partial charge is 0.184 e. The summed E-state index contributed by atoms with van der Waals surface area (Å²) in [5.74, 6) is 0.422. The lowest BCUT2D eigenvalue weighted by atomic mass is 10.1. The molecule has 0 aliphatic rings. The van der Waals surface area contributed by atoms with E-state index in [9.17, 15) is 13.2 Å². The minimum atomic E-state index is -3.85. The number of nitrogens with zero attached hydrogens (tertiary/aromatic N) is 2. The van der Waals surface area contributed by atoms with Gasteiger partial charge in [0, 0.05) is 12.5 Å². The number of hydrogen-bond acceptors (Lipinski definition) is 8. The number of ether oxygens (including phenoxy) is 1. The largest absolute Gasteiger partial charge is 0.497 e. The molecule has 192 valence electrons. The zero-order valence-corrected chi connectivity index (χ0v) is 22.3. The molecule has 4 rings (SSSR count). The standard InChI is InChI=1S/C27H27ClN4O4S/c1-17-8-9-18(12-19(33)15-29-2)13-26(17)37(34,35)16-25-27(31-23-7-5-4-6-22(23)30-25)32-24-14-20(36-3)10-11-21(24)28/h4-11,13-14,29H,12,15-16H2,1-3H3,(H,31,32). The van der Waals surface area contributed by atoms with E-state index in [1.54, 1.807) is 69.6 Å². The predicted molar refractivity (Wildman–Crippen MR) is 146 cm³/mol. The number of nitrogens with one attached hydrogen (secondary N) is 2. The summed E-state index contributed by atoms with van der Waals surface area (Å²) in [5, 5.41) is 6.38. The van der Waals surface area contributed by atoms with Crippen LogP contribution in [-0.2, 0) is 26.8 Å². The molecule has 8 nitrogen and oxygen atoms in total. The molecule has 3 aromatic carbocycles. The maximum absolute atomic E-state index is 13.7. The Morgan fingerprint density at radius 2 is 1.76 bits per heavy atom. The van der Waals surface area contributed by atoms with Crippen LogP contribution in [0.4, 0.5) is 11.5 Å². The molecule has 0 radical (unpaired) electrons. The summed E-state index contributed by atoms with van der Waals surface area (Å²) < 4.78 is 32.6. The molecule has 0 fully saturated rings. The fourth-order valence-electron chi connectivity index (χ4n) is 3.93. The van der Waals surface area contributed by atoms with E-state index >= 15 is 0 Å². The Labute approximate surface area is 221 Å². The number of likely N-dealkylation sites (N-methyl/N-ethyl adjacent to an activating group) is 1. The third-order valence-corrected chi connectivity index (χ3v) is 7.85. The van der Waals surface area contributed by atoms with E-state index in [2.05, 4.69) is 20.6 Å². The SMILES string of the molecule is CNCC(=O)Cc1ccc(C)c(S(=O)(=O)Cc2nc3ccccc3nc2Nc2cc(OC)ccc2Cl)c1. The van der Waals surface area contributed by atoms with Gasteiger partial charge in [0.05, 0.1) is 46.0 Å². The molecule has 0 saturated heterocycles.